The third-order valence-electron chi connectivity index (χ3n) is 1.27. The van der Waals surface area contributed by atoms with Gasteiger partial charge < -0.3 is 9.66 Å². The molecule has 0 bridgehead atoms. The van der Waals surface area contributed by atoms with Crippen LogP contribution in [0.3, 0.4) is 0 Å². The van der Waals surface area contributed by atoms with Crippen LogP contribution in [0.25, 0.3) is 0 Å². The monoisotopic (exact) mass is 196 g/mol. The van der Waals surface area contributed by atoms with Crippen molar-refractivity contribution in [1.29, 1.82) is 0 Å². The predicted molar refractivity (Wildman–Crippen MR) is 43.5 cm³/mol. The summed E-state index contributed by atoms with van der Waals surface area (Å²) in [5.41, 5.74) is 0. The Morgan fingerprint density at radius 1 is 1.58 bits per heavy atom. The molecule has 0 heterocycles. The van der Waals surface area contributed by atoms with Gasteiger partial charge in [-0.15, -0.1) is 0 Å². The summed E-state index contributed by atoms with van der Waals surface area (Å²) >= 11 is 0. The van der Waals surface area contributed by atoms with E-state index in [0.29, 0.717) is 6.54 Å². The molecule has 0 amide bonds. The summed E-state index contributed by atoms with van der Waals surface area (Å²) in [5.74, 6) is -0.523. The van der Waals surface area contributed by atoms with Crippen LogP contribution in [0, 0.1) is 0 Å². The van der Waals surface area contributed by atoms with Gasteiger partial charge in [0.2, 0.25) is 0 Å². The van der Waals surface area contributed by atoms with Crippen LogP contribution >= 0.6 is 0 Å². The molecule has 0 aliphatic heterocycles. The van der Waals surface area contributed by atoms with Crippen LogP contribution in [0.1, 0.15) is 19.8 Å². The maximum absolute atomic E-state index is 10.1. The number of rotatable bonds is 6. The molecule has 74 valence electrons. The molecule has 0 aliphatic rings. The van der Waals surface area contributed by atoms with E-state index >= 15 is 0 Å². The van der Waals surface area contributed by atoms with Crippen molar-refractivity contribution in [3.8, 4) is 0 Å². The molecule has 0 rings (SSSR count). The molecule has 1 unspecified atom stereocenters. The van der Waals surface area contributed by atoms with Crippen LogP contribution in [0.2, 0.25) is 0 Å². The third kappa shape index (κ3) is 7.93. The highest BCUT2D eigenvalue weighted by atomic mass is 32.2. The largest absolute Gasteiger partial charge is 0.748 e. The van der Waals surface area contributed by atoms with E-state index in [1.165, 1.54) is 0 Å². The predicted octanol–water partition coefficient (Wildman–Crippen LogP) is -0.760. The van der Waals surface area contributed by atoms with E-state index in [0.717, 1.165) is 6.42 Å². The average Bonchev–Trinajstić information content (AvgIpc) is 1.95. The van der Waals surface area contributed by atoms with Crippen molar-refractivity contribution < 1.29 is 18.1 Å². The third-order valence-corrected chi connectivity index (χ3v) is 2.01. The zero-order valence-electron chi connectivity index (χ0n) is 6.99. The van der Waals surface area contributed by atoms with Gasteiger partial charge >= 0.3 is 0 Å². The smallest absolute Gasteiger partial charge is 0.105 e. The van der Waals surface area contributed by atoms with Crippen LogP contribution in [0.15, 0.2) is 0 Å². The SMILES string of the molecule is CCCNC(O)CCS(=O)(=O)[O-]. The first-order valence-electron chi connectivity index (χ1n) is 3.80. The van der Waals surface area contributed by atoms with Crippen molar-refractivity contribution in [1.82, 2.24) is 5.32 Å². The van der Waals surface area contributed by atoms with Gasteiger partial charge in [0.25, 0.3) is 0 Å². The van der Waals surface area contributed by atoms with Gasteiger partial charge in [0.15, 0.2) is 0 Å². The molecule has 0 aromatic carbocycles. The van der Waals surface area contributed by atoms with Crippen LogP contribution in [-0.4, -0.2) is 36.6 Å². The summed E-state index contributed by atoms with van der Waals surface area (Å²) in [6.07, 6.45) is -0.0961. The minimum Gasteiger partial charge on any atom is -0.748 e. The van der Waals surface area contributed by atoms with E-state index in [2.05, 4.69) is 5.32 Å². The Kier molecular flexibility index (Phi) is 5.39. The number of hydrogen-bond donors (Lipinski definition) is 2. The molecule has 0 aromatic rings. The summed E-state index contributed by atoms with van der Waals surface area (Å²) in [6, 6.07) is 0. The van der Waals surface area contributed by atoms with E-state index in [-0.39, 0.29) is 6.42 Å². The molecule has 0 spiro atoms. The highest BCUT2D eigenvalue weighted by Crippen LogP contribution is 1.92. The van der Waals surface area contributed by atoms with Crippen molar-refractivity contribution in [3.63, 3.8) is 0 Å². The molecular formula is C6H14NO4S-. The van der Waals surface area contributed by atoms with Crippen LogP contribution in [0.5, 0.6) is 0 Å². The van der Waals surface area contributed by atoms with Crippen molar-refractivity contribution in [2.75, 3.05) is 12.3 Å². The number of nitrogens with one attached hydrogen (secondary N) is 1. The van der Waals surface area contributed by atoms with Gasteiger partial charge in [-0.25, -0.2) is 8.42 Å². The molecular weight excluding hydrogens is 182 g/mol. The minimum absolute atomic E-state index is 0.0498. The lowest BCUT2D eigenvalue weighted by Crippen LogP contribution is -2.31. The lowest BCUT2D eigenvalue weighted by atomic mass is 10.4. The van der Waals surface area contributed by atoms with Crippen LogP contribution in [0.4, 0.5) is 0 Å². The molecule has 0 radical (unpaired) electrons. The Hall–Kier alpha value is -0.170. The maximum atomic E-state index is 10.1. The van der Waals surface area contributed by atoms with Crippen LogP contribution < -0.4 is 5.32 Å². The summed E-state index contributed by atoms with van der Waals surface area (Å²) < 4.78 is 30.3. The van der Waals surface area contributed by atoms with E-state index < -0.39 is 22.1 Å². The molecule has 1 atom stereocenters. The highest BCUT2D eigenvalue weighted by Gasteiger charge is 2.04. The fraction of sp³-hybridized carbons (Fsp3) is 1.00. The average molecular weight is 196 g/mol. The molecule has 0 aliphatic carbocycles. The topological polar surface area (TPSA) is 89.5 Å². The van der Waals surface area contributed by atoms with Crippen molar-refractivity contribution in [2.24, 2.45) is 0 Å². The Bertz CT molecular complexity index is 202. The van der Waals surface area contributed by atoms with Crippen LogP contribution in [-0.2, 0) is 10.1 Å². The standard InChI is InChI=1S/C6H15NO4S/c1-2-4-7-6(8)3-5-12(9,10)11/h6-8H,2-5H2,1H3,(H,9,10,11)/p-1. The summed E-state index contributed by atoms with van der Waals surface area (Å²) in [5, 5.41) is 11.7. The van der Waals surface area contributed by atoms with E-state index in [1.54, 1.807) is 0 Å². The Morgan fingerprint density at radius 3 is 2.58 bits per heavy atom. The first-order chi connectivity index (χ1) is 5.45. The fourth-order valence-corrected chi connectivity index (χ4v) is 1.18. The lowest BCUT2D eigenvalue weighted by molar-refractivity contribution is 0.133. The normalized spacial score (nSPS) is 14.6. The summed E-state index contributed by atoms with van der Waals surface area (Å²) in [6.45, 7) is 2.53. The van der Waals surface area contributed by atoms with Crippen molar-refractivity contribution in [2.45, 2.75) is 26.0 Å². The Morgan fingerprint density at radius 2 is 2.17 bits per heavy atom. The maximum Gasteiger partial charge on any atom is 0.105 e. The van der Waals surface area contributed by atoms with Gasteiger partial charge in [-0.05, 0) is 19.4 Å². The van der Waals surface area contributed by atoms with E-state index in [4.69, 9.17) is 5.11 Å². The Labute approximate surface area is 72.5 Å². The highest BCUT2D eigenvalue weighted by molar-refractivity contribution is 7.85. The molecule has 0 aromatic heterocycles. The summed E-state index contributed by atoms with van der Waals surface area (Å²) in [4.78, 5) is 0. The second-order valence-electron chi connectivity index (χ2n) is 2.52. The number of hydrogen-bond acceptors (Lipinski definition) is 5. The van der Waals surface area contributed by atoms with Crippen molar-refractivity contribution >= 4 is 10.1 Å². The zero-order chi connectivity index (χ0) is 9.61. The lowest BCUT2D eigenvalue weighted by Gasteiger charge is -2.13. The second-order valence-corrected chi connectivity index (χ2v) is 4.04. The van der Waals surface area contributed by atoms with Gasteiger partial charge in [0.05, 0.1) is 10.1 Å². The van der Waals surface area contributed by atoms with Gasteiger partial charge in [-0.2, -0.15) is 0 Å². The van der Waals surface area contributed by atoms with Gasteiger partial charge in [0.1, 0.15) is 6.23 Å². The second kappa shape index (κ2) is 5.47. The molecule has 6 heteroatoms. The van der Waals surface area contributed by atoms with Gasteiger partial charge in [0, 0.05) is 5.75 Å². The number of aliphatic hydroxyl groups excluding tert-OH is 1. The molecule has 0 saturated heterocycles. The minimum atomic E-state index is -4.19. The summed E-state index contributed by atoms with van der Waals surface area (Å²) in [7, 11) is -4.19. The first-order valence-corrected chi connectivity index (χ1v) is 5.38. The van der Waals surface area contributed by atoms with Crippen molar-refractivity contribution in [3.05, 3.63) is 0 Å². The van der Waals surface area contributed by atoms with E-state index in [1.807, 2.05) is 6.92 Å². The first kappa shape index (κ1) is 11.8. The molecule has 12 heavy (non-hydrogen) atoms. The zero-order valence-corrected chi connectivity index (χ0v) is 7.80. The molecule has 0 fully saturated rings. The molecule has 2 N–H and O–H groups in total. The van der Waals surface area contributed by atoms with E-state index in [9.17, 15) is 13.0 Å². The van der Waals surface area contributed by atoms with Gasteiger partial charge in [-0.1, -0.05) is 6.92 Å². The molecule has 5 nitrogen and oxygen atoms in total. The molecule has 0 saturated carbocycles. The van der Waals surface area contributed by atoms with Gasteiger partial charge in [-0.3, -0.25) is 5.32 Å². The Balaban J connectivity index is 3.51. The number of aliphatic hydroxyl groups is 1. The fourth-order valence-electron chi connectivity index (χ4n) is 0.669. The quantitative estimate of drug-likeness (QED) is 0.430.